The average molecular weight is 433 g/mol. The fraction of sp³-hybridized carbons (Fsp3) is 0.500. The van der Waals surface area contributed by atoms with Crippen LogP contribution >= 0.6 is 22.9 Å². The van der Waals surface area contributed by atoms with Crippen LogP contribution in [0.5, 0.6) is 5.88 Å². The van der Waals surface area contributed by atoms with Crippen LogP contribution in [0.25, 0.3) is 11.2 Å². The number of nitrogens with zero attached hydrogens (tertiary/aromatic N) is 7. The van der Waals surface area contributed by atoms with Gasteiger partial charge >= 0.3 is 0 Å². The van der Waals surface area contributed by atoms with Gasteiger partial charge in [0.2, 0.25) is 5.95 Å². The second kappa shape index (κ2) is 8.21. The smallest absolute Gasteiger partial charge is 0.254 e. The van der Waals surface area contributed by atoms with Crippen LogP contribution in [0.15, 0.2) is 11.6 Å². The molecule has 5 heterocycles. The van der Waals surface area contributed by atoms with E-state index in [-0.39, 0.29) is 11.0 Å². The first-order chi connectivity index (χ1) is 14.3. The van der Waals surface area contributed by atoms with Gasteiger partial charge in [0.15, 0.2) is 22.1 Å². The summed E-state index contributed by atoms with van der Waals surface area (Å²) in [5, 5.41) is 6.33. The number of fused-ring (bicyclic) bond motifs is 1. The summed E-state index contributed by atoms with van der Waals surface area (Å²) in [6.07, 6.45) is 4.03. The molecule has 0 amide bonds. The van der Waals surface area contributed by atoms with Crippen molar-refractivity contribution in [3.63, 3.8) is 0 Å². The van der Waals surface area contributed by atoms with Crippen molar-refractivity contribution >= 4 is 45.9 Å². The van der Waals surface area contributed by atoms with E-state index < -0.39 is 0 Å². The first-order valence-electron chi connectivity index (χ1n) is 9.75. The molecule has 3 aromatic rings. The number of ether oxygens (including phenoxy) is 1. The Labute approximate surface area is 177 Å². The Morgan fingerprint density at radius 3 is 2.62 bits per heavy atom. The highest BCUT2D eigenvalue weighted by Gasteiger charge is 2.24. The molecule has 2 aliphatic rings. The number of nitrogens with one attached hydrogen (secondary N) is 1. The third-order valence-electron chi connectivity index (χ3n) is 5.05. The van der Waals surface area contributed by atoms with E-state index in [0.29, 0.717) is 23.7 Å². The fourth-order valence-electron chi connectivity index (χ4n) is 3.59. The van der Waals surface area contributed by atoms with Crippen molar-refractivity contribution in [1.82, 2.24) is 30.2 Å². The summed E-state index contributed by atoms with van der Waals surface area (Å²) in [5.41, 5.74) is 1.13. The van der Waals surface area contributed by atoms with Gasteiger partial charge in [0, 0.05) is 50.8 Å². The fourth-order valence-corrected chi connectivity index (χ4v) is 4.30. The molecule has 0 aliphatic carbocycles. The molecule has 0 bridgehead atoms. The molecule has 0 saturated carbocycles. The maximum absolute atomic E-state index is 6.40. The van der Waals surface area contributed by atoms with Crippen molar-refractivity contribution in [1.29, 1.82) is 0 Å². The van der Waals surface area contributed by atoms with Gasteiger partial charge < -0.3 is 19.9 Å². The molecule has 29 heavy (non-hydrogen) atoms. The Balaban J connectivity index is 1.54. The SMILES string of the molecule is Clc1nc2c(N3CCCC3)nc(N3CCNCC3)nc2nc1OCc1nccs1. The Bertz CT molecular complexity index is 989. The molecule has 2 saturated heterocycles. The Hall–Kier alpha value is -2.30. The zero-order chi connectivity index (χ0) is 19.6. The average Bonchev–Trinajstić information content (AvgIpc) is 3.46. The van der Waals surface area contributed by atoms with Crippen LogP contribution in [-0.2, 0) is 6.61 Å². The van der Waals surface area contributed by atoms with Gasteiger partial charge in [0.05, 0.1) is 0 Å². The van der Waals surface area contributed by atoms with Crippen LogP contribution in [0.3, 0.4) is 0 Å². The first kappa shape index (κ1) is 18.7. The van der Waals surface area contributed by atoms with Crippen molar-refractivity contribution < 1.29 is 4.74 Å². The van der Waals surface area contributed by atoms with Crippen LogP contribution < -0.4 is 19.9 Å². The number of rotatable bonds is 5. The number of hydrogen-bond donors (Lipinski definition) is 1. The van der Waals surface area contributed by atoms with Crippen LogP contribution in [0.2, 0.25) is 5.15 Å². The lowest BCUT2D eigenvalue weighted by Crippen LogP contribution is -2.44. The van der Waals surface area contributed by atoms with Gasteiger partial charge in [-0.05, 0) is 12.8 Å². The Morgan fingerprint density at radius 2 is 1.86 bits per heavy atom. The molecule has 3 aromatic heterocycles. The second-order valence-electron chi connectivity index (χ2n) is 6.98. The van der Waals surface area contributed by atoms with Crippen LogP contribution in [0.4, 0.5) is 11.8 Å². The second-order valence-corrected chi connectivity index (χ2v) is 8.32. The molecule has 0 atom stereocenters. The van der Waals surface area contributed by atoms with Gasteiger partial charge in [-0.1, -0.05) is 11.6 Å². The summed E-state index contributed by atoms with van der Waals surface area (Å²) in [7, 11) is 0. The number of thiazole rings is 1. The van der Waals surface area contributed by atoms with Gasteiger partial charge in [0.1, 0.15) is 11.6 Å². The number of anilines is 2. The van der Waals surface area contributed by atoms with Crippen molar-refractivity contribution in [2.24, 2.45) is 0 Å². The number of halogens is 1. The maximum Gasteiger partial charge on any atom is 0.254 e. The van der Waals surface area contributed by atoms with Crippen LogP contribution in [-0.4, -0.2) is 64.2 Å². The molecule has 5 rings (SSSR count). The number of piperazine rings is 1. The maximum atomic E-state index is 6.40. The van der Waals surface area contributed by atoms with Crippen molar-refractivity contribution in [2.75, 3.05) is 49.1 Å². The highest BCUT2D eigenvalue weighted by atomic mass is 35.5. The van der Waals surface area contributed by atoms with E-state index in [4.69, 9.17) is 26.3 Å². The minimum absolute atomic E-state index is 0.216. The molecule has 0 spiro atoms. The van der Waals surface area contributed by atoms with E-state index in [2.05, 4.69) is 30.1 Å². The van der Waals surface area contributed by atoms with Gasteiger partial charge in [-0.2, -0.15) is 15.0 Å². The molecule has 2 fully saturated rings. The van der Waals surface area contributed by atoms with E-state index in [9.17, 15) is 0 Å². The zero-order valence-corrected chi connectivity index (χ0v) is 17.4. The van der Waals surface area contributed by atoms with Gasteiger partial charge in [-0.3, -0.25) is 0 Å². The van der Waals surface area contributed by atoms with E-state index in [1.807, 2.05) is 5.38 Å². The summed E-state index contributed by atoms with van der Waals surface area (Å²) < 4.78 is 5.78. The van der Waals surface area contributed by atoms with Gasteiger partial charge in [0.25, 0.3) is 5.88 Å². The highest BCUT2D eigenvalue weighted by molar-refractivity contribution is 7.09. The number of hydrogen-bond acceptors (Lipinski definition) is 10. The summed E-state index contributed by atoms with van der Waals surface area (Å²) >= 11 is 7.92. The summed E-state index contributed by atoms with van der Waals surface area (Å²) in [6.45, 7) is 5.75. The summed E-state index contributed by atoms with van der Waals surface area (Å²) in [4.78, 5) is 27.4. The van der Waals surface area contributed by atoms with E-state index in [0.717, 1.165) is 62.9 Å². The lowest BCUT2D eigenvalue weighted by atomic mass is 10.3. The third kappa shape index (κ3) is 3.92. The lowest BCUT2D eigenvalue weighted by Gasteiger charge is -2.28. The molecular weight excluding hydrogens is 412 g/mol. The quantitative estimate of drug-likeness (QED) is 0.650. The normalized spacial score (nSPS) is 17.3. The molecule has 1 N–H and O–H groups in total. The minimum atomic E-state index is 0.216. The Morgan fingerprint density at radius 1 is 1.03 bits per heavy atom. The minimum Gasteiger partial charge on any atom is -0.468 e. The summed E-state index contributed by atoms with van der Waals surface area (Å²) in [6, 6.07) is 0. The highest BCUT2D eigenvalue weighted by Crippen LogP contribution is 2.31. The zero-order valence-electron chi connectivity index (χ0n) is 15.8. The molecule has 2 aliphatic heterocycles. The molecule has 0 aromatic carbocycles. The third-order valence-corrected chi connectivity index (χ3v) is 6.05. The molecule has 0 unspecified atom stereocenters. The van der Waals surface area contributed by atoms with Gasteiger partial charge in [-0.15, -0.1) is 11.3 Å². The largest absolute Gasteiger partial charge is 0.468 e. The standard InChI is InChI=1S/C18H21ClN8OS/c19-14-17(28-11-12-21-5-10-29-12)23-15-13(22-14)16(26-6-1-2-7-26)25-18(24-15)27-8-3-20-4-9-27/h5,10,20H,1-4,6-9,11H2. The number of aromatic nitrogens is 5. The lowest BCUT2D eigenvalue weighted by molar-refractivity contribution is 0.293. The van der Waals surface area contributed by atoms with E-state index in [1.165, 1.54) is 11.3 Å². The van der Waals surface area contributed by atoms with E-state index in [1.54, 1.807) is 6.20 Å². The summed E-state index contributed by atoms with van der Waals surface area (Å²) in [5.74, 6) is 1.76. The Kier molecular flexibility index (Phi) is 5.30. The first-order valence-corrected chi connectivity index (χ1v) is 11.0. The molecule has 9 nitrogen and oxygen atoms in total. The van der Waals surface area contributed by atoms with Crippen LogP contribution in [0, 0.1) is 0 Å². The molecular formula is C18H21ClN8OS. The predicted molar refractivity (Wildman–Crippen MR) is 113 cm³/mol. The topological polar surface area (TPSA) is 92.2 Å². The van der Waals surface area contributed by atoms with Crippen molar-refractivity contribution in [2.45, 2.75) is 19.4 Å². The van der Waals surface area contributed by atoms with E-state index >= 15 is 0 Å². The molecule has 11 heteroatoms. The molecule has 0 radical (unpaired) electrons. The van der Waals surface area contributed by atoms with Crippen molar-refractivity contribution in [3.8, 4) is 5.88 Å². The monoisotopic (exact) mass is 432 g/mol. The van der Waals surface area contributed by atoms with Crippen LogP contribution in [0.1, 0.15) is 17.8 Å². The predicted octanol–water partition coefficient (Wildman–Crippen LogP) is 2.12. The van der Waals surface area contributed by atoms with Crippen molar-refractivity contribution in [3.05, 3.63) is 21.7 Å². The molecule has 152 valence electrons. The van der Waals surface area contributed by atoms with Gasteiger partial charge in [-0.25, -0.2) is 9.97 Å².